The maximum atomic E-state index is 13.7. The number of carbonyl (C=O) groups is 3. The minimum Gasteiger partial charge on any atom is -0.481 e. The molecule has 2 aliphatic rings. The molecule has 0 spiro atoms. The van der Waals surface area contributed by atoms with Gasteiger partial charge in [-0.25, -0.2) is 17.6 Å². The molecule has 0 radical (unpaired) electrons. The van der Waals surface area contributed by atoms with E-state index in [1.54, 1.807) is 30.3 Å². The zero-order chi connectivity index (χ0) is 30.7. The van der Waals surface area contributed by atoms with E-state index in [1.165, 1.54) is 31.3 Å². The number of likely N-dealkylation sites (N-methyl/N-ethyl adjacent to an activating group) is 1. The van der Waals surface area contributed by atoms with Crippen molar-refractivity contribution >= 4 is 44.3 Å². The first kappa shape index (κ1) is 29.7. The van der Waals surface area contributed by atoms with Crippen molar-refractivity contribution in [3.63, 3.8) is 0 Å². The standard InChI is InChI=1S/C27H18FNO5S.C6H10O2/c1-29-24(25(30)20-11-10-17-6-2-3-7-19(17)16-20)26(22-8-4-5-9-23(22)35(29,32)33)34-27(31)18-12-14-21(28)15-13-18;7-6(8)5-3-1-2-4-5/h2-16H,1H3;5H,1-4H2,(H,7,8). The summed E-state index contributed by atoms with van der Waals surface area (Å²) >= 11 is 0. The molecule has 1 N–H and O–H groups in total. The third-order valence-electron chi connectivity index (χ3n) is 7.51. The van der Waals surface area contributed by atoms with E-state index in [1.807, 2.05) is 24.3 Å². The first-order valence-electron chi connectivity index (χ1n) is 13.6. The van der Waals surface area contributed by atoms with E-state index < -0.39 is 33.6 Å². The number of allylic oxidation sites excluding steroid dienone is 1. The van der Waals surface area contributed by atoms with Gasteiger partial charge in [0, 0.05) is 18.2 Å². The highest BCUT2D eigenvalue weighted by Crippen LogP contribution is 2.38. The van der Waals surface area contributed by atoms with Crippen molar-refractivity contribution in [3.8, 4) is 0 Å². The van der Waals surface area contributed by atoms with Crippen LogP contribution < -0.4 is 0 Å². The molecule has 4 aromatic rings. The lowest BCUT2D eigenvalue weighted by molar-refractivity contribution is -0.141. The predicted octanol–water partition coefficient (Wildman–Crippen LogP) is 6.28. The second-order valence-electron chi connectivity index (χ2n) is 10.3. The lowest BCUT2D eigenvalue weighted by Crippen LogP contribution is -2.36. The number of ketones is 1. The number of sulfonamides is 1. The molecule has 1 fully saturated rings. The molecule has 4 aromatic carbocycles. The normalized spacial score (nSPS) is 15.8. The van der Waals surface area contributed by atoms with Crippen LogP contribution in [0.25, 0.3) is 16.5 Å². The van der Waals surface area contributed by atoms with Gasteiger partial charge in [0.05, 0.1) is 16.4 Å². The van der Waals surface area contributed by atoms with Crippen LogP contribution in [0.2, 0.25) is 0 Å². The fourth-order valence-corrected chi connectivity index (χ4v) is 6.53. The van der Waals surface area contributed by atoms with Crippen LogP contribution in [-0.2, 0) is 19.6 Å². The Bertz CT molecular complexity index is 1860. The summed E-state index contributed by atoms with van der Waals surface area (Å²) in [4.78, 5) is 36.7. The third kappa shape index (κ3) is 6.05. The average Bonchev–Trinajstić information content (AvgIpc) is 3.56. The van der Waals surface area contributed by atoms with Crippen molar-refractivity contribution in [2.45, 2.75) is 30.6 Å². The van der Waals surface area contributed by atoms with E-state index in [-0.39, 0.29) is 39.0 Å². The van der Waals surface area contributed by atoms with Gasteiger partial charge in [0.25, 0.3) is 10.0 Å². The lowest BCUT2D eigenvalue weighted by atomic mass is 10.0. The molecular formula is C33H28FNO7S. The number of nitrogens with zero attached hydrogens (tertiary/aromatic N) is 1. The van der Waals surface area contributed by atoms with Gasteiger partial charge in [-0.1, -0.05) is 61.4 Å². The van der Waals surface area contributed by atoms with Crippen LogP contribution in [-0.4, -0.2) is 42.6 Å². The van der Waals surface area contributed by atoms with E-state index >= 15 is 0 Å². The highest BCUT2D eigenvalue weighted by Gasteiger charge is 2.40. The number of halogens is 1. The second kappa shape index (κ2) is 12.2. The third-order valence-corrected chi connectivity index (χ3v) is 9.32. The number of rotatable bonds is 5. The van der Waals surface area contributed by atoms with Gasteiger partial charge in [-0.2, -0.15) is 0 Å². The Morgan fingerprint density at radius 1 is 0.837 bits per heavy atom. The number of Topliss-reactive ketones (excluding diaryl/α,β-unsaturated/α-hetero) is 1. The summed E-state index contributed by atoms with van der Waals surface area (Å²) in [7, 11) is -2.85. The van der Waals surface area contributed by atoms with Gasteiger partial charge in [0.2, 0.25) is 5.78 Å². The Morgan fingerprint density at radius 2 is 1.44 bits per heavy atom. The zero-order valence-corrected chi connectivity index (χ0v) is 24.0. The molecule has 1 aliphatic carbocycles. The molecule has 1 saturated carbocycles. The smallest absolute Gasteiger partial charge is 0.343 e. The van der Waals surface area contributed by atoms with Crippen LogP contribution in [0.4, 0.5) is 4.39 Å². The maximum Gasteiger partial charge on any atom is 0.343 e. The van der Waals surface area contributed by atoms with E-state index in [4.69, 9.17) is 9.84 Å². The van der Waals surface area contributed by atoms with Gasteiger partial charge >= 0.3 is 11.9 Å². The van der Waals surface area contributed by atoms with Gasteiger partial charge in [0.15, 0.2) is 5.76 Å². The van der Waals surface area contributed by atoms with Crippen LogP contribution in [0, 0.1) is 11.7 Å². The summed E-state index contributed by atoms with van der Waals surface area (Å²) in [5.41, 5.74) is 0.0695. The van der Waals surface area contributed by atoms with Crippen LogP contribution in [0.3, 0.4) is 0 Å². The van der Waals surface area contributed by atoms with Crippen molar-refractivity contribution in [2.75, 3.05) is 7.05 Å². The summed E-state index contributed by atoms with van der Waals surface area (Å²) < 4.78 is 46.3. The molecule has 6 rings (SSSR count). The quantitative estimate of drug-likeness (QED) is 0.211. The molecule has 1 heterocycles. The van der Waals surface area contributed by atoms with E-state index in [0.29, 0.717) is 0 Å². The number of carbonyl (C=O) groups excluding carboxylic acids is 2. The minimum absolute atomic E-state index is 0.0185. The Kier molecular flexibility index (Phi) is 8.40. The number of hydrogen-bond donors (Lipinski definition) is 1. The first-order chi connectivity index (χ1) is 20.6. The highest BCUT2D eigenvalue weighted by atomic mass is 32.2. The lowest BCUT2D eigenvalue weighted by Gasteiger charge is -2.30. The van der Waals surface area contributed by atoms with Crippen LogP contribution in [0.15, 0.2) is 102 Å². The number of ether oxygens (including phenoxy) is 1. The minimum atomic E-state index is -4.09. The van der Waals surface area contributed by atoms with Crippen molar-refractivity contribution in [3.05, 3.63) is 119 Å². The summed E-state index contributed by atoms with van der Waals surface area (Å²) in [5, 5.41) is 10.1. The molecule has 0 aromatic heterocycles. The van der Waals surface area contributed by atoms with Crippen molar-refractivity contribution in [1.82, 2.24) is 4.31 Å². The largest absolute Gasteiger partial charge is 0.481 e. The molecule has 0 amide bonds. The maximum absolute atomic E-state index is 13.7. The molecule has 0 unspecified atom stereocenters. The van der Waals surface area contributed by atoms with Gasteiger partial charge in [-0.05, 0) is 66.1 Å². The fraction of sp³-hybridized carbons (Fsp3) is 0.182. The molecule has 8 nitrogen and oxygen atoms in total. The van der Waals surface area contributed by atoms with Gasteiger partial charge in [-0.15, -0.1) is 0 Å². The number of benzene rings is 4. The van der Waals surface area contributed by atoms with Crippen LogP contribution >= 0.6 is 0 Å². The molecule has 1 aliphatic heterocycles. The Hall–Kier alpha value is -4.83. The molecule has 0 saturated heterocycles. The fourth-order valence-electron chi connectivity index (χ4n) is 5.14. The molecule has 10 heteroatoms. The van der Waals surface area contributed by atoms with Crippen molar-refractivity contribution in [2.24, 2.45) is 5.92 Å². The monoisotopic (exact) mass is 601 g/mol. The molecule has 220 valence electrons. The summed E-state index contributed by atoms with van der Waals surface area (Å²) in [5.74, 6) is -2.82. The van der Waals surface area contributed by atoms with Crippen molar-refractivity contribution in [1.29, 1.82) is 0 Å². The van der Waals surface area contributed by atoms with Gasteiger partial charge < -0.3 is 9.84 Å². The van der Waals surface area contributed by atoms with E-state index in [2.05, 4.69) is 0 Å². The number of carboxylic acids is 1. The predicted molar refractivity (Wildman–Crippen MR) is 158 cm³/mol. The van der Waals surface area contributed by atoms with Gasteiger partial charge in [0.1, 0.15) is 11.5 Å². The second-order valence-corrected chi connectivity index (χ2v) is 12.2. The van der Waals surface area contributed by atoms with Crippen LogP contribution in [0.1, 0.15) is 52.0 Å². The van der Waals surface area contributed by atoms with Gasteiger partial charge in [-0.3, -0.25) is 13.9 Å². The summed E-state index contributed by atoms with van der Waals surface area (Å²) in [6, 6.07) is 23.2. The Morgan fingerprint density at radius 3 is 2.09 bits per heavy atom. The van der Waals surface area contributed by atoms with Crippen molar-refractivity contribution < 1.29 is 37.0 Å². The van der Waals surface area contributed by atoms with E-state index in [0.717, 1.165) is 52.9 Å². The Balaban J connectivity index is 0.000000400. The molecule has 43 heavy (non-hydrogen) atoms. The first-order valence-corrected chi connectivity index (χ1v) is 15.1. The molecule has 0 atom stereocenters. The van der Waals surface area contributed by atoms with E-state index in [9.17, 15) is 27.2 Å². The Labute approximate surface area is 248 Å². The topological polar surface area (TPSA) is 118 Å². The highest BCUT2D eigenvalue weighted by molar-refractivity contribution is 7.89. The SMILES string of the molecule is CN1C(C(=O)c2ccc3ccccc3c2)=C(OC(=O)c2ccc(F)cc2)c2ccccc2S1(=O)=O.O=C(O)C1CCCC1. The molecular weight excluding hydrogens is 573 g/mol. The number of carboxylic acid groups (broad SMARTS) is 1. The summed E-state index contributed by atoms with van der Waals surface area (Å²) in [6.45, 7) is 0. The number of esters is 1. The van der Waals surface area contributed by atoms with Crippen LogP contribution in [0.5, 0.6) is 0 Å². The number of hydrogen-bond acceptors (Lipinski definition) is 6. The average molecular weight is 602 g/mol. The molecule has 0 bridgehead atoms. The zero-order valence-electron chi connectivity index (χ0n) is 23.2. The number of aliphatic carboxylic acids is 1. The summed E-state index contributed by atoms with van der Waals surface area (Å²) in [6.07, 6.45) is 4.01. The number of fused-ring (bicyclic) bond motifs is 2.